The van der Waals surface area contributed by atoms with E-state index >= 15 is 0 Å². The van der Waals surface area contributed by atoms with E-state index in [1.54, 1.807) is 12.1 Å². The molecule has 1 aliphatic rings. The summed E-state index contributed by atoms with van der Waals surface area (Å²) in [5.41, 5.74) is 2.85. The van der Waals surface area contributed by atoms with Crippen molar-refractivity contribution in [2.45, 2.75) is 12.8 Å². The highest BCUT2D eigenvalue weighted by molar-refractivity contribution is 5.94. The quantitative estimate of drug-likeness (QED) is 0.755. The molecule has 3 aromatic rings. The van der Waals surface area contributed by atoms with Crippen LogP contribution in [0.25, 0.3) is 16.6 Å². The van der Waals surface area contributed by atoms with E-state index in [1.807, 2.05) is 28.8 Å². The molecule has 0 amide bonds. The Morgan fingerprint density at radius 2 is 2.04 bits per heavy atom. The average Bonchev–Trinajstić information content (AvgIpc) is 3.26. The Morgan fingerprint density at radius 1 is 1.21 bits per heavy atom. The first-order valence-corrected chi connectivity index (χ1v) is 8.33. The fourth-order valence-corrected chi connectivity index (χ4v) is 3.38. The van der Waals surface area contributed by atoms with Crippen LogP contribution in [0.1, 0.15) is 23.2 Å². The number of fused-ring (bicyclic) bond motifs is 3. The van der Waals surface area contributed by atoms with Crippen LogP contribution in [0.2, 0.25) is 0 Å². The average molecular weight is 324 g/mol. The van der Waals surface area contributed by atoms with Crippen LogP contribution in [0.3, 0.4) is 0 Å². The molecular formula is C18H20N4O2. The number of nitrogens with one attached hydrogen (secondary N) is 1. The Bertz CT molecular complexity index is 897. The standard InChI is InChI=1S/C18H20N4O2/c23-18(24)13-5-6-15-14(12-13)20-17(16-4-3-10-22(15)16)19-7-11-21-8-1-2-9-21/h3-6,10,12H,1-2,7-9,11H2,(H,19,20)(H,23,24). The first-order valence-electron chi connectivity index (χ1n) is 8.33. The van der Waals surface area contributed by atoms with Crippen molar-refractivity contribution in [1.82, 2.24) is 14.3 Å². The number of likely N-dealkylation sites (tertiary alicyclic amines) is 1. The number of anilines is 1. The van der Waals surface area contributed by atoms with Crippen molar-refractivity contribution in [3.8, 4) is 0 Å². The predicted octanol–water partition coefficient (Wildman–Crippen LogP) is 2.69. The zero-order chi connectivity index (χ0) is 16.5. The molecule has 0 bridgehead atoms. The maximum atomic E-state index is 11.2. The van der Waals surface area contributed by atoms with Gasteiger partial charge in [0.1, 0.15) is 0 Å². The summed E-state index contributed by atoms with van der Waals surface area (Å²) in [6.07, 6.45) is 4.55. The lowest BCUT2D eigenvalue weighted by Gasteiger charge is -2.16. The zero-order valence-corrected chi connectivity index (χ0v) is 13.4. The summed E-state index contributed by atoms with van der Waals surface area (Å²) < 4.78 is 2.05. The van der Waals surface area contributed by atoms with Gasteiger partial charge in [0.15, 0.2) is 5.82 Å². The molecule has 0 radical (unpaired) electrons. The Balaban J connectivity index is 1.66. The van der Waals surface area contributed by atoms with Crippen LogP contribution in [0, 0.1) is 0 Å². The molecule has 124 valence electrons. The molecule has 4 rings (SSSR count). The van der Waals surface area contributed by atoms with Crippen molar-refractivity contribution in [1.29, 1.82) is 0 Å². The van der Waals surface area contributed by atoms with Crippen LogP contribution in [0.15, 0.2) is 36.5 Å². The van der Waals surface area contributed by atoms with Crippen molar-refractivity contribution in [3.05, 3.63) is 42.1 Å². The van der Waals surface area contributed by atoms with Crippen molar-refractivity contribution in [3.63, 3.8) is 0 Å². The van der Waals surface area contributed by atoms with Gasteiger partial charge in [0.05, 0.1) is 22.1 Å². The lowest BCUT2D eigenvalue weighted by Crippen LogP contribution is -2.26. The van der Waals surface area contributed by atoms with E-state index in [-0.39, 0.29) is 5.56 Å². The van der Waals surface area contributed by atoms with Crippen LogP contribution >= 0.6 is 0 Å². The Morgan fingerprint density at radius 3 is 2.83 bits per heavy atom. The lowest BCUT2D eigenvalue weighted by atomic mass is 10.2. The molecule has 1 aliphatic heterocycles. The summed E-state index contributed by atoms with van der Waals surface area (Å²) in [4.78, 5) is 18.3. The number of rotatable bonds is 5. The SMILES string of the molecule is O=C(O)c1ccc2c(c1)nc(NCCN1CCCC1)c1cccn12. The second kappa shape index (κ2) is 6.13. The molecule has 6 heteroatoms. The molecule has 0 aliphatic carbocycles. The summed E-state index contributed by atoms with van der Waals surface area (Å²) in [5.74, 6) is -0.135. The van der Waals surface area contributed by atoms with Crippen LogP contribution in [-0.2, 0) is 0 Å². The van der Waals surface area contributed by atoms with E-state index in [9.17, 15) is 9.90 Å². The van der Waals surface area contributed by atoms with E-state index in [4.69, 9.17) is 0 Å². The topological polar surface area (TPSA) is 69.9 Å². The van der Waals surface area contributed by atoms with Gasteiger partial charge in [0.2, 0.25) is 0 Å². The number of benzene rings is 1. The van der Waals surface area contributed by atoms with Gasteiger partial charge < -0.3 is 19.7 Å². The van der Waals surface area contributed by atoms with Crippen LogP contribution in [-0.4, -0.2) is 51.5 Å². The normalized spacial score (nSPS) is 15.3. The van der Waals surface area contributed by atoms with E-state index < -0.39 is 5.97 Å². The first-order chi connectivity index (χ1) is 11.7. The number of aromatic nitrogens is 2. The fourth-order valence-electron chi connectivity index (χ4n) is 3.38. The summed E-state index contributed by atoms with van der Waals surface area (Å²) in [5, 5.41) is 12.6. The van der Waals surface area contributed by atoms with E-state index in [2.05, 4.69) is 15.2 Å². The number of nitrogens with zero attached hydrogens (tertiary/aromatic N) is 3. The molecule has 0 saturated carbocycles. The van der Waals surface area contributed by atoms with Gasteiger partial charge in [-0.25, -0.2) is 9.78 Å². The fraction of sp³-hybridized carbons (Fsp3) is 0.333. The number of hydrogen-bond acceptors (Lipinski definition) is 4. The summed E-state index contributed by atoms with van der Waals surface area (Å²) in [6.45, 7) is 4.18. The minimum atomic E-state index is -0.935. The minimum Gasteiger partial charge on any atom is -0.478 e. The lowest BCUT2D eigenvalue weighted by molar-refractivity contribution is 0.0697. The molecule has 0 unspecified atom stereocenters. The summed E-state index contributed by atoms with van der Waals surface area (Å²) >= 11 is 0. The Labute approximate surface area is 139 Å². The minimum absolute atomic E-state index is 0.254. The number of carboxylic acids is 1. The van der Waals surface area contributed by atoms with Gasteiger partial charge >= 0.3 is 5.97 Å². The van der Waals surface area contributed by atoms with E-state index in [0.717, 1.165) is 29.9 Å². The van der Waals surface area contributed by atoms with Gasteiger partial charge in [-0.15, -0.1) is 0 Å². The largest absolute Gasteiger partial charge is 0.478 e. The highest BCUT2D eigenvalue weighted by Crippen LogP contribution is 2.23. The maximum Gasteiger partial charge on any atom is 0.335 e. The molecule has 2 aromatic heterocycles. The Kier molecular flexibility index (Phi) is 3.82. The number of aromatic carboxylic acids is 1. The first kappa shape index (κ1) is 15.0. The van der Waals surface area contributed by atoms with Gasteiger partial charge in [0.25, 0.3) is 0 Å². The Hall–Kier alpha value is -2.60. The third-order valence-electron chi connectivity index (χ3n) is 4.62. The molecule has 6 nitrogen and oxygen atoms in total. The molecule has 24 heavy (non-hydrogen) atoms. The maximum absolute atomic E-state index is 11.2. The highest BCUT2D eigenvalue weighted by Gasteiger charge is 2.13. The number of hydrogen-bond donors (Lipinski definition) is 2. The highest BCUT2D eigenvalue weighted by atomic mass is 16.4. The van der Waals surface area contributed by atoms with Crippen LogP contribution < -0.4 is 5.32 Å². The van der Waals surface area contributed by atoms with Gasteiger partial charge in [0, 0.05) is 19.3 Å². The molecule has 1 saturated heterocycles. The summed E-state index contributed by atoms with van der Waals surface area (Å²) in [6, 6.07) is 9.06. The monoisotopic (exact) mass is 324 g/mol. The van der Waals surface area contributed by atoms with Crippen molar-refractivity contribution in [2.24, 2.45) is 0 Å². The van der Waals surface area contributed by atoms with Crippen LogP contribution in [0.4, 0.5) is 5.82 Å². The summed E-state index contributed by atoms with van der Waals surface area (Å²) in [7, 11) is 0. The number of carbonyl (C=O) groups is 1. The van der Waals surface area contributed by atoms with E-state index in [0.29, 0.717) is 5.52 Å². The second-order valence-corrected chi connectivity index (χ2v) is 6.21. The third-order valence-corrected chi connectivity index (χ3v) is 4.62. The molecule has 0 spiro atoms. The molecule has 1 fully saturated rings. The molecule has 3 heterocycles. The smallest absolute Gasteiger partial charge is 0.335 e. The molecular weight excluding hydrogens is 304 g/mol. The van der Waals surface area contributed by atoms with Gasteiger partial charge in [-0.2, -0.15) is 0 Å². The molecule has 1 aromatic carbocycles. The third kappa shape index (κ3) is 2.69. The van der Waals surface area contributed by atoms with Crippen molar-refractivity contribution in [2.75, 3.05) is 31.5 Å². The number of carboxylic acid groups (broad SMARTS) is 1. The van der Waals surface area contributed by atoms with Crippen molar-refractivity contribution >= 4 is 28.3 Å². The molecule has 0 atom stereocenters. The second-order valence-electron chi connectivity index (χ2n) is 6.21. The zero-order valence-electron chi connectivity index (χ0n) is 13.4. The van der Waals surface area contributed by atoms with Crippen LogP contribution in [0.5, 0.6) is 0 Å². The van der Waals surface area contributed by atoms with Gasteiger partial charge in [-0.05, 0) is 56.3 Å². The van der Waals surface area contributed by atoms with Gasteiger partial charge in [-0.3, -0.25) is 0 Å². The van der Waals surface area contributed by atoms with E-state index in [1.165, 1.54) is 25.9 Å². The molecule has 2 N–H and O–H groups in total. The van der Waals surface area contributed by atoms with Crippen molar-refractivity contribution < 1.29 is 9.90 Å². The predicted molar refractivity (Wildman–Crippen MR) is 93.8 cm³/mol. The van der Waals surface area contributed by atoms with Gasteiger partial charge in [-0.1, -0.05) is 0 Å².